The van der Waals surface area contributed by atoms with Crippen molar-refractivity contribution in [3.05, 3.63) is 59.5 Å². The molecule has 0 fully saturated rings. The Kier molecular flexibility index (Phi) is 6.06. The van der Waals surface area contributed by atoms with Crippen molar-refractivity contribution in [2.24, 2.45) is 0 Å². The molecular formula is C19H27NO. The zero-order chi connectivity index (χ0) is 15.1. The van der Waals surface area contributed by atoms with E-state index in [1.165, 1.54) is 11.1 Å². The lowest BCUT2D eigenvalue weighted by Gasteiger charge is -2.19. The molecule has 0 aliphatic carbocycles. The Morgan fingerprint density at radius 3 is 2.33 bits per heavy atom. The summed E-state index contributed by atoms with van der Waals surface area (Å²) in [5.74, 6) is 1.65. The molecule has 1 unspecified atom stereocenters. The second kappa shape index (κ2) is 8.04. The number of furan rings is 1. The molecule has 1 N–H and O–H groups in total. The fourth-order valence-electron chi connectivity index (χ4n) is 2.56. The lowest BCUT2D eigenvalue weighted by molar-refractivity contribution is 0.452. The van der Waals surface area contributed by atoms with Gasteiger partial charge in [-0.1, -0.05) is 45.0 Å². The minimum Gasteiger partial charge on any atom is -0.469 e. The molecule has 0 saturated carbocycles. The van der Waals surface area contributed by atoms with Gasteiger partial charge in [0.15, 0.2) is 0 Å². The first kappa shape index (κ1) is 15.8. The van der Waals surface area contributed by atoms with Crippen LogP contribution in [0.15, 0.2) is 47.1 Å². The van der Waals surface area contributed by atoms with Gasteiger partial charge in [-0.3, -0.25) is 0 Å². The zero-order valence-corrected chi connectivity index (χ0v) is 13.4. The van der Waals surface area contributed by atoms with Crippen LogP contribution in [0, 0.1) is 0 Å². The lowest BCUT2D eigenvalue weighted by Crippen LogP contribution is -2.22. The van der Waals surface area contributed by atoms with E-state index in [2.05, 4.69) is 56.4 Å². The molecule has 2 heteroatoms. The van der Waals surface area contributed by atoms with Crippen molar-refractivity contribution < 1.29 is 4.42 Å². The fraction of sp³-hybridized carbons (Fsp3) is 0.474. The molecular weight excluding hydrogens is 258 g/mol. The van der Waals surface area contributed by atoms with Crippen molar-refractivity contribution in [2.75, 3.05) is 6.54 Å². The number of rotatable bonds is 8. The average molecular weight is 285 g/mol. The average Bonchev–Trinajstić information content (AvgIpc) is 3.01. The highest BCUT2D eigenvalue weighted by Crippen LogP contribution is 2.22. The Morgan fingerprint density at radius 2 is 1.76 bits per heavy atom. The maximum atomic E-state index is 5.45. The largest absolute Gasteiger partial charge is 0.469 e. The normalized spacial score (nSPS) is 12.8. The summed E-state index contributed by atoms with van der Waals surface area (Å²) < 4.78 is 5.45. The lowest BCUT2D eigenvalue weighted by atomic mass is 9.96. The van der Waals surface area contributed by atoms with Gasteiger partial charge in [0.2, 0.25) is 0 Å². The molecule has 0 amide bonds. The van der Waals surface area contributed by atoms with Gasteiger partial charge in [-0.05, 0) is 48.6 Å². The molecule has 0 bridgehead atoms. The summed E-state index contributed by atoms with van der Waals surface area (Å²) >= 11 is 0. The van der Waals surface area contributed by atoms with Crippen LogP contribution in [-0.2, 0) is 6.42 Å². The van der Waals surface area contributed by atoms with Crippen LogP contribution in [0.25, 0.3) is 0 Å². The molecule has 1 heterocycles. The summed E-state index contributed by atoms with van der Waals surface area (Å²) in [4.78, 5) is 0. The van der Waals surface area contributed by atoms with Gasteiger partial charge in [0.1, 0.15) is 5.76 Å². The van der Waals surface area contributed by atoms with E-state index in [4.69, 9.17) is 4.42 Å². The smallest absolute Gasteiger partial charge is 0.103 e. The number of aryl methyl sites for hydroxylation is 1. The van der Waals surface area contributed by atoms with Crippen LogP contribution in [0.2, 0.25) is 0 Å². The Labute approximate surface area is 128 Å². The van der Waals surface area contributed by atoms with Crippen LogP contribution in [0.1, 0.15) is 62.5 Å². The Morgan fingerprint density at radius 1 is 1.05 bits per heavy atom. The Balaban J connectivity index is 2.03. The summed E-state index contributed by atoms with van der Waals surface area (Å²) in [5.41, 5.74) is 2.78. The molecule has 1 aromatic heterocycles. The van der Waals surface area contributed by atoms with E-state index in [9.17, 15) is 0 Å². The van der Waals surface area contributed by atoms with Gasteiger partial charge in [-0.2, -0.15) is 0 Å². The second-order valence-electron chi connectivity index (χ2n) is 5.95. The third-order valence-corrected chi connectivity index (χ3v) is 3.91. The quantitative estimate of drug-likeness (QED) is 0.732. The Hall–Kier alpha value is -1.54. The van der Waals surface area contributed by atoms with Crippen LogP contribution in [-0.4, -0.2) is 6.54 Å². The first-order valence-electron chi connectivity index (χ1n) is 8.06. The van der Waals surface area contributed by atoms with Crippen LogP contribution in [0.3, 0.4) is 0 Å². The monoisotopic (exact) mass is 285 g/mol. The summed E-state index contributed by atoms with van der Waals surface area (Å²) in [6, 6.07) is 13.5. The van der Waals surface area contributed by atoms with Crippen LogP contribution in [0.5, 0.6) is 0 Å². The van der Waals surface area contributed by atoms with Crippen LogP contribution < -0.4 is 5.32 Å². The second-order valence-corrected chi connectivity index (χ2v) is 5.95. The van der Waals surface area contributed by atoms with E-state index in [1.807, 2.05) is 6.07 Å². The molecule has 2 nitrogen and oxygen atoms in total. The third-order valence-electron chi connectivity index (χ3n) is 3.91. The van der Waals surface area contributed by atoms with Crippen molar-refractivity contribution in [3.8, 4) is 0 Å². The molecule has 2 rings (SSSR count). The highest BCUT2D eigenvalue weighted by atomic mass is 16.3. The van der Waals surface area contributed by atoms with E-state index in [-0.39, 0.29) is 0 Å². The van der Waals surface area contributed by atoms with E-state index in [0.717, 1.165) is 31.6 Å². The predicted molar refractivity (Wildman–Crippen MR) is 88.6 cm³/mol. The molecule has 1 aromatic carbocycles. The number of benzene rings is 1. The molecule has 0 spiro atoms. The topological polar surface area (TPSA) is 25.2 Å². The minimum atomic E-state index is 0.399. The van der Waals surface area contributed by atoms with Crippen molar-refractivity contribution in [1.29, 1.82) is 0 Å². The fourth-order valence-corrected chi connectivity index (χ4v) is 2.56. The molecule has 114 valence electrons. The molecule has 0 aliphatic rings. The summed E-state index contributed by atoms with van der Waals surface area (Å²) in [6.07, 6.45) is 4.94. The van der Waals surface area contributed by atoms with Crippen molar-refractivity contribution in [2.45, 2.75) is 52.0 Å². The van der Waals surface area contributed by atoms with Gasteiger partial charge in [0.05, 0.1) is 6.26 Å². The first-order valence-corrected chi connectivity index (χ1v) is 8.06. The summed E-state index contributed by atoms with van der Waals surface area (Å²) in [7, 11) is 0. The molecule has 21 heavy (non-hydrogen) atoms. The van der Waals surface area contributed by atoms with Gasteiger partial charge in [0.25, 0.3) is 0 Å². The molecule has 0 aliphatic heterocycles. The Bertz CT molecular complexity index is 499. The van der Waals surface area contributed by atoms with E-state index in [0.29, 0.717) is 12.0 Å². The third kappa shape index (κ3) is 4.75. The maximum Gasteiger partial charge on any atom is 0.103 e. The van der Waals surface area contributed by atoms with Crippen molar-refractivity contribution in [1.82, 2.24) is 5.32 Å². The zero-order valence-electron chi connectivity index (χ0n) is 13.4. The molecule has 2 aromatic rings. The maximum absolute atomic E-state index is 5.45. The van der Waals surface area contributed by atoms with Gasteiger partial charge < -0.3 is 9.73 Å². The number of hydrogen-bond acceptors (Lipinski definition) is 2. The molecule has 0 saturated heterocycles. The first-order chi connectivity index (χ1) is 10.2. The number of nitrogens with one attached hydrogen (secondary N) is 1. The minimum absolute atomic E-state index is 0.399. The summed E-state index contributed by atoms with van der Waals surface area (Å²) in [6.45, 7) is 7.73. The number of hydrogen-bond donors (Lipinski definition) is 1. The predicted octanol–water partition coefficient (Wildman–Crippen LogP) is 5.08. The SMILES string of the molecule is CCCNC(CCc1ccco1)c1ccc(C(C)C)cc1. The van der Waals surface area contributed by atoms with E-state index < -0.39 is 0 Å². The van der Waals surface area contributed by atoms with Gasteiger partial charge in [0, 0.05) is 12.5 Å². The van der Waals surface area contributed by atoms with Gasteiger partial charge >= 0.3 is 0 Å². The standard InChI is InChI=1S/C19H27NO/c1-4-13-20-19(12-11-18-6-5-14-21-18)17-9-7-16(8-10-17)15(2)3/h5-10,14-15,19-20H,4,11-13H2,1-3H3. The van der Waals surface area contributed by atoms with Gasteiger partial charge in [-0.25, -0.2) is 0 Å². The van der Waals surface area contributed by atoms with Crippen LogP contribution >= 0.6 is 0 Å². The highest BCUT2D eigenvalue weighted by molar-refractivity contribution is 5.27. The van der Waals surface area contributed by atoms with Crippen molar-refractivity contribution in [3.63, 3.8) is 0 Å². The molecule has 0 radical (unpaired) electrons. The highest BCUT2D eigenvalue weighted by Gasteiger charge is 2.12. The molecule has 1 atom stereocenters. The van der Waals surface area contributed by atoms with E-state index in [1.54, 1.807) is 6.26 Å². The van der Waals surface area contributed by atoms with Crippen molar-refractivity contribution >= 4 is 0 Å². The van der Waals surface area contributed by atoms with E-state index >= 15 is 0 Å². The van der Waals surface area contributed by atoms with Crippen LogP contribution in [0.4, 0.5) is 0 Å². The van der Waals surface area contributed by atoms with Gasteiger partial charge in [-0.15, -0.1) is 0 Å². The summed E-state index contributed by atoms with van der Waals surface area (Å²) in [5, 5.41) is 3.66.